The van der Waals surface area contributed by atoms with E-state index < -0.39 is 32.4 Å². The van der Waals surface area contributed by atoms with Crippen LogP contribution < -0.4 is 9.47 Å². The van der Waals surface area contributed by atoms with Gasteiger partial charge in [0.05, 0.1) is 71.0 Å². The first kappa shape index (κ1) is 41.3. The third-order valence-electron chi connectivity index (χ3n) is 10.7. The zero-order valence-electron chi connectivity index (χ0n) is 32.4. The Morgan fingerprint density at radius 3 is 1.41 bits per heavy atom. The molecular weight excluding hydrogens is 837 g/mol. The number of rotatable bonds is 14. The van der Waals surface area contributed by atoms with E-state index >= 15 is 0 Å². The lowest BCUT2D eigenvalue weighted by atomic mass is 9.99. The highest BCUT2D eigenvalue weighted by Crippen LogP contribution is 2.47. The van der Waals surface area contributed by atoms with Gasteiger partial charge in [-0.1, -0.05) is 78.9 Å². The first-order chi connectivity index (χ1) is 28.1. The van der Waals surface area contributed by atoms with Crippen molar-refractivity contribution in [3.05, 3.63) is 105 Å². The molecule has 4 aromatic heterocycles. The zero-order valence-corrected chi connectivity index (χ0v) is 35.6. The van der Waals surface area contributed by atoms with Gasteiger partial charge in [0.25, 0.3) is 0 Å². The number of aliphatic hydroxyl groups is 2. The van der Waals surface area contributed by atoms with Crippen LogP contribution in [0.5, 0.6) is 11.5 Å². The fourth-order valence-electron chi connectivity index (χ4n) is 7.69. The minimum absolute atomic E-state index is 0.229. The Labute approximate surface area is 350 Å². The van der Waals surface area contributed by atoms with E-state index in [4.69, 9.17) is 19.7 Å². The SMILES string of the molecule is Cc1ccc(Cn2nc(C(O)CCCCCC(O)c3nn(Cc4ccc(C)cc4)c4c3CCOc3cc(S(=O)(=O)O)sc3-4)c3c2-c2sc(S(=O)(=O)O)cc2OCC3)cc1. The lowest BCUT2D eigenvalue weighted by Crippen LogP contribution is -2.08. The smallest absolute Gasteiger partial charge is 0.304 e. The van der Waals surface area contributed by atoms with Crippen molar-refractivity contribution < 1.29 is 45.6 Å². The zero-order chi connectivity index (χ0) is 41.6. The Bertz CT molecular complexity index is 2530. The molecule has 0 amide bonds. The van der Waals surface area contributed by atoms with Gasteiger partial charge in [0.15, 0.2) is 8.42 Å². The Hall–Kier alpha value is -4.40. The summed E-state index contributed by atoms with van der Waals surface area (Å²) in [5, 5.41) is 33.0. The van der Waals surface area contributed by atoms with E-state index in [0.29, 0.717) is 102 Å². The predicted octanol–water partition coefficient (Wildman–Crippen LogP) is 7.33. The molecule has 0 saturated heterocycles. The number of thiophene rings is 2. The van der Waals surface area contributed by atoms with Crippen molar-refractivity contribution in [3.8, 4) is 32.6 Å². The highest BCUT2D eigenvalue weighted by molar-refractivity contribution is 7.88. The first-order valence-corrected chi connectivity index (χ1v) is 23.8. The van der Waals surface area contributed by atoms with E-state index in [1.54, 1.807) is 9.36 Å². The van der Waals surface area contributed by atoms with Gasteiger partial charge in [0.2, 0.25) is 0 Å². The second kappa shape index (κ2) is 16.6. The average molecular weight is 881 g/mol. The third kappa shape index (κ3) is 8.77. The fourth-order valence-corrected chi connectivity index (χ4v) is 11.4. The molecule has 2 aliphatic rings. The summed E-state index contributed by atoms with van der Waals surface area (Å²) >= 11 is 1.82. The van der Waals surface area contributed by atoms with Crippen LogP contribution in [-0.4, -0.2) is 68.9 Å². The van der Waals surface area contributed by atoms with Crippen LogP contribution >= 0.6 is 22.7 Å². The Morgan fingerprint density at radius 2 is 1.03 bits per heavy atom. The molecule has 0 radical (unpaired) electrons. The van der Waals surface area contributed by atoms with E-state index in [0.717, 1.165) is 56.1 Å². The monoisotopic (exact) mass is 880 g/mol. The molecule has 0 bridgehead atoms. The maximum Gasteiger partial charge on any atom is 0.304 e. The Kier molecular flexibility index (Phi) is 11.6. The van der Waals surface area contributed by atoms with Crippen molar-refractivity contribution >= 4 is 42.9 Å². The predicted molar refractivity (Wildman–Crippen MR) is 223 cm³/mol. The number of ether oxygens (including phenoxy) is 2. The molecule has 6 aromatic rings. The largest absolute Gasteiger partial charge is 0.492 e. The highest BCUT2D eigenvalue weighted by atomic mass is 32.3. The molecule has 312 valence electrons. The minimum atomic E-state index is -4.47. The topological polar surface area (TPSA) is 203 Å². The van der Waals surface area contributed by atoms with Gasteiger partial charge < -0.3 is 19.7 Å². The Morgan fingerprint density at radius 1 is 0.644 bits per heavy atom. The van der Waals surface area contributed by atoms with Crippen LogP contribution in [0.25, 0.3) is 21.1 Å². The number of hydrogen-bond donors (Lipinski definition) is 4. The van der Waals surface area contributed by atoms with Crippen LogP contribution in [0.2, 0.25) is 0 Å². The van der Waals surface area contributed by atoms with E-state index in [9.17, 15) is 36.2 Å². The van der Waals surface area contributed by atoms with Gasteiger partial charge in [0.1, 0.15) is 11.5 Å². The minimum Gasteiger partial charge on any atom is -0.492 e. The van der Waals surface area contributed by atoms with Crippen LogP contribution in [0.4, 0.5) is 0 Å². The van der Waals surface area contributed by atoms with Gasteiger partial charge in [0, 0.05) is 36.1 Å². The molecule has 0 fully saturated rings. The molecule has 8 rings (SSSR count). The van der Waals surface area contributed by atoms with Crippen molar-refractivity contribution in [2.24, 2.45) is 0 Å². The molecule has 2 aromatic carbocycles. The quantitative estimate of drug-likeness (QED) is 0.0628. The van der Waals surface area contributed by atoms with Crippen molar-refractivity contribution in [2.45, 2.75) is 92.5 Å². The number of aliphatic hydroxyl groups excluding tert-OH is 2. The number of benzene rings is 2. The lowest BCUT2D eigenvalue weighted by Gasteiger charge is -2.12. The van der Waals surface area contributed by atoms with E-state index in [2.05, 4.69) is 0 Å². The van der Waals surface area contributed by atoms with Crippen LogP contribution in [0.1, 0.15) is 89.1 Å². The van der Waals surface area contributed by atoms with Crippen LogP contribution in [0, 0.1) is 13.8 Å². The van der Waals surface area contributed by atoms with Gasteiger partial charge in [-0.3, -0.25) is 18.5 Å². The number of hydrogen-bond acceptors (Lipinski definition) is 12. The maximum absolute atomic E-state index is 12.1. The molecule has 59 heavy (non-hydrogen) atoms. The van der Waals surface area contributed by atoms with Crippen LogP contribution in [-0.2, 0) is 46.2 Å². The summed E-state index contributed by atoms with van der Waals surface area (Å²) in [6, 6.07) is 18.7. The molecule has 18 heteroatoms. The molecule has 0 spiro atoms. The highest BCUT2D eigenvalue weighted by Gasteiger charge is 2.33. The van der Waals surface area contributed by atoms with Gasteiger partial charge in [-0.15, -0.1) is 22.7 Å². The molecule has 2 unspecified atom stereocenters. The van der Waals surface area contributed by atoms with Crippen molar-refractivity contribution in [2.75, 3.05) is 13.2 Å². The summed E-state index contributed by atoms with van der Waals surface area (Å²) in [6.07, 6.45) is 1.80. The molecule has 2 atom stereocenters. The van der Waals surface area contributed by atoms with Crippen molar-refractivity contribution in [1.82, 2.24) is 19.6 Å². The maximum atomic E-state index is 12.1. The van der Waals surface area contributed by atoms with Crippen LogP contribution in [0.3, 0.4) is 0 Å². The van der Waals surface area contributed by atoms with Gasteiger partial charge in [-0.05, 0) is 37.8 Å². The fraction of sp³-hybridized carbons (Fsp3) is 0.366. The van der Waals surface area contributed by atoms with Crippen molar-refractivity contribution in [1.29, 1.82) is 0 Å². The number of unbranched alkanes of at least 4 members (excludes halogenated alkanes) is 2. The normalized spacial score (nSPS) is 14.9. The summed E-state index contributed by atoms with van der Waals surface area (Å²) < 4.78 is 83.0. The average Bonchev–Trinajstić information content (AvgIpc) is 3.93. The summed E-state index contributed by atoms with van der Waals surface area (Å²) in [5.74, 6) is 0.684. The van der Waals surface area contributed by atoms with Crippen molar-refractivity contribution in [3.63, 3.8) is 0 Å². The van der Waals surface area contributed by atoms with Gasteiger partial charge >= 0.3 is 20.2 Å². The lowest BCUT2D eigenvalue weighted by molar-refractivity contribution is 0.147. The number of aryl methyl sites for hydroxylation is 2. The first-order valence-electron chi connectivity index (χ1n) is 19.3. The molecule has 6 heterocycles. The third-order valence-corrected chi connectivity index (χ3v) is 15.5. The second-order valence-electron chi connectivity index (χ2n) is 15.0. The Balaban J connectivity index is 0.994. The summed E-state index contributed by atoms with van der Waals surface area (Å²) in [4.78, 5) is 1.05. The summed E-state index contributed by atoms with van der Waals surface area (Å²) in [6.45, 7) is 5.22. The second-order valence-corrected chi connectivity index (χ2v) is 20.4. The van der Waals surface area contributed by atoms with E-state index in [1.807, 2.05) is 62.4 Å². The standard InChI is InChI=1S/C41H44N4O10S4/c1-24-8-12-26(13-9-24)22-44-38-28(16-18-54-32-20-34(56-40(32)38)58(48,49)50)36(42-44)30(46)6-4-3-5-7-31(47)37-29-17-19-55-33-21-35(59(51,52)53)57-41(33)39(29)45(43-37)23-27-14-10-25(2)11-15-27/h8-15,20-21,30-31,46-47H,3-7,16-19,22-23H2,1-2H3,(H,48,49,50)(H,51,52,53). The molecular formula is C41H44N4O10S4. The van der Waals surface area contributed by atoms with E-state index in [1.165, 1.54) is 12.1 Å². The van der Waals surface area contributed by atoms with Crippen LogP contribution in [0.15, 0.2) is 69.1 Å². The number of nitrogens with zero attached hydrogens (tertiary/aromatic N) is 4. The molecule has 14 nitrogen and oxygen atoms in total. The van der Waals surface area contributed by atoms with Gasteiger partial charge in [-0.25, -0.2) is 0 Å². The summed E-state index contributed by atoms with van der Waals surface area (Å²) in [5.41, 5.74) is 8.01. The molecule has 4 N–H and O–H groups in total. The summed E-state index contributed by atoms with van der Waals surface area (Å²) in [7, 11) is -8.94. The molecule has 0 saturated carbocycles. The molecule has 2 aliphatic heterocycles. The van der Waals surface area contributed by atoms with Gasteiger partial charge in [-0.2, -0.15) is 27.0 Å². The number of fused-ring (bicyclic) bond motifs is 6. The molecule has 0 aliphatic carbocycles. The number of aromatic nitrogens is 4. The van der Waals surface area contributed by atoms with E-state index in [-0.39, 0.29) is 21.6 Å².